The van der Waals surface area contributed by atoms with E-state index in [0.717, 1.165) is 25.7 Å². The highest BCUT2D eigenvalue weighted by atomic mass is 35.5. The second kappa shape index (κ2) is 7.73. The molecule has 1 heterocycles. The summed E-state index contributed by atoms with van der Waals surface area (Å²) in [7, 11) is 0. The van der Waals surface area contributed by atoms with Gasteiger partial charge in [0.15, 0.2) is 11.6 Å². The van der Waals surface area contributed by atoms with Gasteiger partial charge in [-0.05, 0) is 31.9 Å². The molecule has 2 aromatic rings. The number of carbonyl (C=O) groups is 1. The summed E-state index contributed by atoms with van der Waals surface area (Å²) in [6, 6.07) is 4.76. The van der Waals surface area contributed by atoms with Gasteiger partial charge in [0.05, 0.1) is 22.5 Å². The fraction of sp³-hybridized carbons (Fsp3) is 0.444. The summed E-state index contributed by atoms with van der Waals surface area (Å²) >= 11 is 5.84. The van der Waals surface area contributed by atoms with Gasteiger partial charge < -0.3 is 0 Å². The van der Waals surface area contributed by atoms with Crippen molar-refractivity contribution in [2.24, 2.45) is 5.92 Å². The first-order chi connectivity index (χ1) is 11.0. The highest BCUT2D eigenvalue weighted by Crippen LogP contribution is 2.25. The molecule has 0 aliphatic carbocycles. The predicted molar refractivity (Wildman–Crippen MR) is 90.9 cm³/mol. The van der Waals surface area contributed by atoms with Crippen molar-refractivity contribution in [2.45, 2.75) is 46.5 Å². The number of hydrogen-bond acceptors (Lipinski definition) is 2. The Morgan fingerprint density at radius 1 is 1.30 bits per heavy atom. The molecule has 1 aromatic carbocycles. The van der Waals surface area contributed by atoms with Crippen molar-refractivity contribution in [1.29, 1.82) is 0 Å². The van der Waals surface area contributed by atoms with E-state index < -0.39 is 5.82 Å². The number of benzene rings is 1. The van der Waals surface area contributed by atoms with Crippen LogP contribution in [0.25, 0.3) is 5.69 Å². The summed E-state index contributed by atoms with van der Waals surface area (Å²) in [6.07, 6.45) is 5.20. The third-order valence-electron chi connectivity index (χ3n) is 4.08. The van der Waals surface area contributed by atoms with Gasteiger partial charge in [0.1, 0.15) is 5.69 Å². The molecule has 5 heteroatoms. The average Bonchev–Trinajstić information content (AvgIpc) is 2.91. The fourth-order valence-corrected chi connectivity index (χ4v) is 3.04. The van der Waals surface area contributed by atoms with Crippen molar-refractivity contribution >= 4 is 17.4 Å². The maximum atomic E-state index is 14.2. The normalized spacial score (nSPS) is 11.2. The molecule has 0 unspecified atom stereocenters. The molecule has 0 bridgehead atoms. The second-order valence-corrected chi connectivity index (χ2v) is 6.17. The number of hydrogen-bond donors (Lipinski definition) is 0. The summed E-state index contributed by atoms with van der Waals surface area (Å²) in [5, 5.41) is 4.25. The van der Waals surface area contributed by atoms with Crippen LogP contribution in [0.5, 0.6) is 0 Å². The van der Waals surface area contributed by atoms with Crippen molar-refractivity contribution in [2.75, 3.05) is 0 Å². The predicted octanol–water partition coefficient (Wildman–Crippen LogP) is 5.37. The molecular formula is C18H22ClFN2O. The lowest BCUT2D eigenvalue weighted by Crippen LogP contribution is -2.15. The zero-order valence-electron chi connectivity index (χ0n) is 13.8. The Hall–Kier alpha value is -1.68. The first-order valence-electron chi connectivity index (χ1n) is 8.04. The molecule has 3 nitrogen and oxygen atoms in total. The summed E-state index contributed by atoms with van der Waals surface area (Å²) in [6.45, 7) is 5.94. The van der Waals surface area contributed by atoms with Gasteiger partial charge in [-0.2, -0.15) is 5.10 Å². The third kappa shape index (κ3) is 3.63. The smallest absolute Gasteiger partial charge is 0.169 e. The summed E-state index contributed by atoms with van der Waals surface area (Å²) in [5.74, 6) is -0.427. The zero-order chi connectivity index (χ0) is 17.0. The van der Waals surface area contributed by atoms with E-state index in [9.17, 15) is 9.18 Å². The van der Waals surface area contributed by atoms with Crippen LogP contribution in [0.15, 0.2) is 24.4 Å². The van der Waals surface area contributed by atoms with Gasteiger partial charge in [-0.1, -0.05) is 44.4 Å². The summed E-state index contributed by atoms with van der Waals surface area (Å²) < 4.78 is 15.6. The maximum absolute atomic E-state index is 14.2. The Bertz CT molecular complexity index is 690. The van der Waals surface area contributed by atoms with Gasteiger partial charge in [0.2, 0.25) is 0 Å². The molecule has 0 fully saturated rings. The quantitative estimate of drug-likeness (QED) is 0.637. The Balaban J connectivity index is 2.39. The van der Waals surface area contributed by atoms with Crippen molar-refractivity contribution in [3.8, 4) is 5.69 Å². The van der Waals surface area contributed by atoms with Crippen LogP contribution < -0.4 is 0 Å². The Morgan fingerprint density at radius 2 is 1.96 bits per heavy atom. The van der Waals surface area contributed by atoms with Crippen molar-refractivity contribution < 1.29 is 9.18 Å². The van der Waals surface area contributed by atoms with E-state index in [0.29, 0.717) is 11.3 Å². The van der Waals surface area contributed by atoms with E-state index in [1.165, 1.54) is 16.9 Å². The van der Waals surface area contributed by atoms with Crippen LogP contribution in [0.1, 0.15) is 55.6 Å². The average molecular weight is 337 g/mol. The van der Waals surface area contributed by atoms with Crippen LogP contribution >= 0.6 is 11.6 Å². The number of Topliss-reactive ketones (excluding diaryl/α,β-unsaturated/α-hetero) is 1. The van der Waals surface area contributed by atoms with Crippen LogP contribution in [0, 0.1) is 18.7 Å². The molecule has 0 amide bonds. The Labute approximate surface area is 141 Å². The lowest BCUT2D eigenvalue weighted by Gasteiger charge is -2.14. The van der Waals surface area contributed by atoms with Crippen LogP contribution in [-0.4, -0.2) is 15.6 Å². The second-order valence-electron chi connectivity index (χ2n) is 5.77. The molecule has 0 radical (unpaired) electrons. The van der Waals surface area contributed by atoms with E-state index in [2.05, 4.69) is 18.9 Å². The van der Waals surface area contributed by atoms with Gasteiger partial charge in [-0.3, -0.25) is 4.79 Å². The zero-order valence-corrected chi connectivity index (χ0v) is 14.5. The van der Waals surface area contributed by atoms with Crippen LogP contribution in [0.3, 0.4) is 0 Å². The molecular weight excluding hydrogens is 315 g/mol. The molecule has 0 N–H and O–H groups in total. The monoisotopic (exact) mass is 336 g/mol. The first-order valence-corrected chi connectivity index (χ1v) is 8.42. The number of nitrogens with zero attached hydrogens (tertiary/aromatic N) is 2. The van der Waals surface area contributed by atoms with Crippen LogP contribution in [0.4, 0.5) is 4.39 Å². The summed E-state index contributed by atoms with van der Waals surface area (Å²) in [4.78, 5) is 12.8. The third-order valence-corrected chi connectivity index (χ3v) is 4.37. The van der Waals surface area contributed by atoms with E-state index >= 15 is 0 Å². The van der Waals surface area contributed by atoms with Gasteiger partial charge in [0.25, 0.3) is 0 Å². The van der Waals surface area contributed by atoms with Crippen molar-refractivity contribution in [3.63, 3.8) is 0 Å². The molecule has 0 aliphatic heterocycles. The highest BCUT2D eigenvalue weighted by Gasteiger charge is 2.23. The van der Waals surface area contributed by atoms with E-state index in [4.69, 9.17) is 11.6 Å². The fourth-order valence-electron chi connectivity index (χ4n) is 2.87. The van der Waals surface area contributed by atoms with E-state index in [-0.39, 0.29) is 22.4 Å². The SMILES string of the molecule is CCCC(CCC)C(=O)c1cnn(-c2cccc(Cl)c2F)c1C. The van der Waals surface area contributed by atoms with Gasteiger partial charge in [0, 0.05) is 5.92 Å². The first kappa shape index (κ1) is 17.7. The van der Waals surface area contributed by atoms with Crippen LogP contribution in [-0.2, 0) is 0 Å². The number of carbonyl (C=O) groups excluding carboxylic acids is 1. The number of aromatic nitrogens is 2. The highest BCUT2D eigenvalue weighted by molar-refractivity contribution is 6.30. The molecule has 0 atom stereocenters. The van der Waals surface area contributed by atoms with Crippen LogP contribution in [0.2, 0.25) is 5.02 Å². The molecule has 23 heavy (non-hydrogen) atoms. The van der Waals surface area contributed by atoms with Crippen molar-refractivity contribution in [1.82, 2.24) is 9.78 Å². The molecule has 2 rings (SSSR count). The van der Waals surface area contributed by atoms with Crippen molar-refractivity contribution in [3.05, 3.63) is 46.5 Å². The topological polar surface area (TPSA) is 34.9 Å². The minimum absolute atomic E-state index is 0.00515. The molecule has 0 aliphatic rings. The van der Waals surface area contributed by atoms with Gasteiger partial charge in [-0.25, -0.2) is 9.07 Å². The van der Waals surface area contributed by atoms with Gasteiger partial charge in [-0.15, -0.1) is 0 Å². The van der Waals surface area contributed by atoms with E-state index in [1.807, 2.05) is 0 Å². The Morgan fingerprint density at radius 3 is 2.57 bits per heavy atom. The molecule has 0 spiro atoms. The minimum Gasteiger partial charge on any atom is -0.294 e. The maximum Gasteiger partial charge on any atom is 0.169 e. The number of ketones is 1. The number of halogens is 2. The molecule has 124 valence electrons. The molecule has 0 saturated heterocycles. The molecule has 0 saturated carbocycles. The largest absolute Gasteiger partial charge is 0.294 e. The van der Waals surface area contributed by atoms with Gasteiger partial charge >= 0.3 is 0 Å². The molecule has 1 aromatic heterocycles. The minimum atomic E-state index is -0.530. The lowest BCUT2D eigenvalue weighted by molar-refractivity contribution is 0.0904. The Kier molecular flexibility index (Phi) is 5.94. The standard InChI is InChI=1S/C18H22ClFN2O/c1-4-7-13(8-5-2)18(23)14-11-21-22(12(14)3)16-10-6-9-15(19)17(16)20/h6,9-11,13H,4-5,7-8H2,1-3H3. The van der Waals surface area contributed by atoms with E-state index in [1.54, 1.807) is 19.1 Å². The number of rotatable bonds is 7. The summed E-state index contributed by atoms with van der Waals surface area (Å²) in [5.41, 5.74) is 1.47. The lowest BCUT2D eigenvalue weighted by atomic mass is 9.90.